The normalized spacial score (nSPS) is 24.2. The monoisotopic (exact) mass is 402 g/mol. The Morgan fingerprint density at radius 1 is 1.40 bits per heavy atom. The number of rotatable bonds is 2. The van der Waals surface area contributed by atoms with E-state index in [1.165, 1.54) is 0 Å². The van der Waals surface area contributed by atoms with Crippen molar-refractivity contribution in [3.8, 4) is 0 Å². The molecule has 0 aliphatic carbocycles. The lowest BCUT2D eigenvalue weighted by atomic mass is 10.1. The van der Waals surface area contributed by atoms with Crippen molar-refractivity contribution in [2.45, 2.75) is 30.8 Å². The molecule has 1 fully saturated rings. The maximum atomic E-state index is 12.6. The summed E-state index contributed by atoms with van der Waals surface area (Å²) in [6.45, 7) is 5.05. The Morgan fingerprint density at radius 3 is 2.65 bits per heavy atom. The van der Waals surface area contributed by atoms with E-state index in [0.717, 1.165) is 0 Å². The predicted molar refractivity (Wildman–Crippen MR) is 87.2 cm³/mol. The molecule has 1 heterocycles. The second kappa shape index (κ2) is 6.94. The smallest absolute Gasteiger partial charge is 0.243 e. The number of piperazine rings is 1. The highest BCUT2D eigenvalue weighted by Gasteiger charge is 2.34. The second-order valence-corrected chi connectivity index (χ2v) is 7.83. The van der Waals surface area contributed by atoms with Crippen LogP contribution in [0.25, 0.3) is 0 Å². The summed E-state index contributed by atoms with van der Waals surface area (Å²) in [7, 11) is -3.48. The first-order valence-electron chi connectivity index (χ1n) is 6.04. The molecule has 2 rings (SSSR count). The fourth-order valence-corrected chi connectivity index (χ4v) is 4.52. The molecule has 4 nitrogen and oxygen atoms in total. The van der Waals surface area contributed by atoms with Crippen molar-refractivity contribution in [1.29, 1.82) is 0 Å². The minimum absolute atomic E-state index is 0. The van der Waals surface area contributed by atoms with Gasteiger partial charge in [0.25, 0.3) is 0 Å². The van der Waals surface area contributed by atoms with E-state index in [0.29, 0.717) is 22.6 Å². The second-order valence-electron chi connectivity index (χ2n) is 4.68. The van der Waals surface area contributed by atoms with E-state index in [1.54, 1.807) is 22.5 Å². The molecule has 0 spiro atoms. The van der Waals surface area contributed by atoms with Crippen LogP contribution in [-0.4, -0.2) is 37.9 Å². The number of nitrogens with zero attached hydrogens (tertiary/aromatic N) is 1. The fourth-order valence-electron chi connectivity index (χ4n) is 2.14. The third-order valence-electron chi connectivity index (χ3n) is 3.47. The molecule has 20 heavy (non-hydrogen) atoms. The van der Waals surface area contributed by atoms with Crippen LogP contribution >= 0.6 is 39.9 Å². The molecular weight excluding hydrogens is 387 g/mol. The quantitative estimate of drug-likeness (QED) is 0.825. The van der Waals surface area contributed by atoms with Gasteiger partial charge in [-0.15, -0.1) is 12.4 Å². The van der Waals surface area contributed by atoms with Gasteiger partial charge in [0.2, 0.25) is 10.0 Å². The average molecular weight is 404 g/mol. The van der Waals surface area contributed by atoms with Gasteiger partial charge in [0.05, 0.1) is 9.92 Å². The van der Waals surface area contributed by atoms with E-state index in [9.17, 15) is 8.42 Å². The third kappa shape index (κ3) is 3.48. The van der Waals surface area contributed by atoms with E-state index in [1.807, 2.05) is 13.8 Å². The van der Waals surface area contributed by atoms with E-state index in [4.69, 9.17) is 11.6 Å². The van der Waals surface area contributed by atoms with Crippen LogP contribution in [-0.2, 0) is 10.0 Å². The lowest BCUT2D eigenvalue weighted by Crippen LogP contribution is -2.57. The molecule has 2 unspecified atom stereocenters. The Kier molecular flexibility index (Phi) is 6.32. The first-order valence-corrected chi connectivity index (χ1v) is 8.65. The largest absolute Gasteiger partial charge is 0.311 e. The molecule has 1 aliphatic heterocycles. The summed E-state index contributed by atoms with van der Waals surface area (Å²) in [6, 6.07) is 4.75. The maximum Gasteiger partial charge on any atom is 0.243 e. The van der Waals surface area contributed by atoms with E-state index >= 15 is 0 Å². The minimum atomic E-state index is -3.48. The molecule has 0 radical (unpaired) electrons. The summed E-state index contributed by atoms with van der Waals surface area (Å²) in [5.41, 5.74) is 0. The zero-order chi connectivity index (χ0) is 14.2. The minimum Gasteiger partial charge on any atom is -0.311 e. The summed E-state index contributed by atoms with van der Waals surface area (Å²) in [5, 5.41) is 3.77. The first-order chi connectivity index (χ1) is 8.84. The Bertz CT molecular complexity index is 583. The highest BCUT2D eigenvalue weighted by molar-refractivity contribution is 9.10. The molecule has 0 amide bonds. The van der Waals surface area contributed by atoms with E-state index in [-0.39, 0.29) is 29.4 Å². The molecule has 1 aromatic carbocycles. The number of halogens is 3. The van der Waals surface area contributed by atoms with Crippen LogP contribution in [0.15, 0.2) is 27.6 Å². The zero-order valence-corrected chi connectivity index (χ0v) is 15.1. The molecule has 2 atom stereocenters. The van der Waals surface area contributed by atoms with Crippen molar-refractivity contribution >= 4 is 50.0 Å². The van der Waals surface area contributed by atoms with Crippen molar-refractivity contribution in [1.82, 2.24) is 9.62 Å². The van der Waals surface area contributed by atoms with Gasteiger partial charge < -0.3 is 5.32 Å². The van der Waals surface area contributed by atoms with Crippen molar-refractivity contribution < 1.29 is 8.42 Å². The summed E-state index contributed by atoms with van der Waals surface area (Å²) in [5.74, 6) is 0. The Hall–Kier alpha value is 0.150. The molecule has 0 bridgehead atoms. The highest BCUT2D eigenvalue weighted by Crippen LogP contribution is 2.28. The average Bonchev–Trinajstić information content (AvgIpc) is 2.35. The highest BCUT2D eigenvalue weighted by atomic mass is 79.9. The topological polar surface area (TPSA) is 49.4 Å². The van der Waals surface area contributed by atoms with Gasteiger partial charge in [-0.05, 0) is 48.0 Å². The number of benzene rings is 1. The van der Waals surface area contributed by atoms with Crippen molar-refractivity contribution in [2.24, 2.45) is 0 Å². The van der Waals surface area contributed by atoms with Crippen LogP contribution < -0.4 is 5.32 Å². The lowest BCUT2D eigenvalue weighted by molar-refractivity contribution is 0.233. The molecular formula is C12H17BrCl2N2O2S. The van der Waals surface area contributed by atoms with Gasteiger partial charge in [-0.1, -0.05) is 11.6 Å². The summed E-state index contributed by atoms with van der Waals surface area (Å²) >= 11 is 9.17. The first kappa shape index (κ1) is 18.2. The van der Waals surface area contributed by atoms with Gasteiger partial charge in [0.15, 0.2) is 0 Å². The van der Waals surface area contributed by atoms with Crippen LogP contribution in [0.4, 0.5) is 0 Å². The van der Waals surface area contributed by atoms with Crippen molar-refractivity contribution in [2.75, 3.05) is 13.1 Å². The van der Waals surface area contributed by atoms with Gasteiger partial charge in [0.1, 0.15) is 0 Å². The molecule has 0 aromatic heterocycles. The van der Waals surface area contributed by atoms with E-state index in [2.05, 4.69) is 21.2 Å². The number of sulfonamides is 1. The van der Waals surface area contributed by atoms with Gasteiger partial charge in [0, 0.05) is 29.6 Å². The van der Waals surface area contributed by atoms with Crippen LogP contribution in [0.2, 0.25) is 5.02 Å². The standard InChI is InChI=1S/C12H16BrClN2O2S.ClH/c1-8-9(2)16(6-5-15-8)19(17,18)10-3-4-12(14)11(13)7-10;/h3-4,7-9,15H,5-6H2,1-2H3;1H. The SMILES string of the molecule is CC1NCCN(S(=O)(=O)c2ccc(Cl)c(Br)c2)C1C.Cl. The Labute approximate surface area is 139 Å². The molecule has 114 valence electrons. The van der Waals surface area contributed by atoms with Crippen molar-refractivity contribution in [3.05, 3.63) is 27.7 Å². The molecule has 0 saturated carbocycles. The van der Waals surface area contributed by atoms with Gasteiger partial charge in [-0.3, -0.25) is 0 Å². The Balaban J connectivity index is 0.00000200. The fraction of sp³-hybridized carbons (Fsp3) is 0.500. The molecule has 1 N–H and O–H groups in total. The van der Waals surface area contributed by atoms with E-state index < -0.39 is 10.0 Å². The van der Waals surface area contributed by atoms with Crippen molar-refractivity contribution in [3.63, 3.8) is 0 Å². The Morgan fingerprint density at radius 2 is 2.05 bits per heavy atom. The maximum absolute atomic E-state index is 12.6. The number of hydrogen-bond donors (Lipinski definition) is 1. The van der Waals surface area contributed by atoms with Gasteiger partial charge in [-0.25, -0.2) is 8.42 Å². The number of hydrogen-bond acceptors (Lipinski definition) is 3. The van der Waals surface area contributed by atoms with Crippen LogP contribution in [0.1, 0.15) is 13.8 Å². The lowest BCUT2D eigenvalue weighted by Gasteiger charge is -2.37. The molecule has 1 aliphatic rings. The van der Waals surface area contributed by atoms with Crippen LogP contribution in [0.5, 0.6) is 0 Å². The van der Waals surface area contributed by atoms with Gasteiger partial charge >= 0.3 is 0 Å². The number of nitrogens with one attached hydrogen (secondary N) is 1. The predicted octanol–water partition coefficient (Wildman–Crippen LogP) is 2.90. The molecule has 1 saturated heterocycles. The van der Waals surface area contributed by atoms with Crippen LogP contribution in [0.3, 0.4) is 0 Å². The van der Waals surface area contributed by atoms with Crippen LogP contribution in [0, 0.1) is 0 Å². The zero-order valence-electron chi connectivity index (χ0n) is 11.1. The van der Waals surface area contributed by atoms with Gasteiger partial charge in [-0.2, -0.15) is 4.31 Å². The third-order valence-corrected chi connectivity index (χ3v) is 6.67. The summed E-state index contributed by atoms with van der Waals surface area (Å²) in [4.78, 5) is 0.268. The molecule has 8 heteroatoms. The summed E-state index contributed by atoms with van der Waals surface area (Å²) in [6.07, 6.45) is 0. The molecule has 1 aromatic rings. The summed E-state index contributed by atoms with van der Waals surface area (Å²) < 4.78 is 27.4.